The Morgan fingerprint density at radius 3 is 2.53 bits per heavy atom. The molecule has 0 spiro atoms. The Labute approximate surface area is 103 Å². The summed E-state index contributed by atoms with van der Waals surface area (Å²) in [5, 5.41) is 0. The number of sulfonamides is 1. The van der Waals surface area contributed by atoms with E-state index in [1.54, 1.807) is 13.0 Å². The van der Waals surface area contributed by atoms with Crippen LogP contribution in [0.3, 0.4) is 0 Å². The van der Waals surface area contributed by atoms with Gasteiger partial charge in [-0.15, -0.1) is 0 Å². The van der Waals surface area contributed by atoms with Crippen LogP contribution in [0.5, 0.6) is 0 Å². The third kappa shape index (κ3) is 3.71. The van der Waals surface area contributed by atoms with Gasteiger partial charge in [-0.05, 0) is 38.5 Å². The van der Waals surface area contributed by atoms with Gasteiger partial charge in [0.1, 0.15) is 0 Å². The molecule has 1 atom stereocenters. The number of benzene rings is 1. The number of aryl methyl sites for hydroxylation is 1. The molecule has 1 aromatic carbocycles. The van der Waals surface area contributed by atoms with E-state index in [1.165, 1.54) is 4.31 Å². The molecule has 1 unspecified atom stereocenters. The second-order valence-corrected chi connectivity index (χ2v) is 6.20. The lowest BCUT2D eigenvalue weighted by molar-refractivity contribution is 0.586. The normalized spacial score (nSPS) is 13.4. The Kier molecular flexibility index (Phi) is 4.54. The van der Waals surface area contributed by atoms with Crippen LogP contribution in [-0.4, -0.2) is 26.8 Å². The summed E-state index contributed by atoms with van der Waals surface area (Å²) in [7, 11) is -3.33. The molecule has 17 heavy (non-hydrogen) atoms. The molecule has 0 fully saturated rings. The molecule has 0 aromatic heterocycles. The van der Waals surface area contributed by atoms with Crippen molar-refractivity contribution in [2.24, 2.45) is 5.73 Å². The lowest BCUT2D eigenvalue weighted by atomic mass is 10.2. The van der Waals surface area contributed by atoms with E-state index in [-0.39, 0.29) is 11.8 Å². The third-order valence-corrected chi connectivity index (χ3v) is 4.47. The fraction of sp³-hybridized carbons (Fsp3) is 0.500. The number of anilines is 1. The lowest BCUT2D eigenvalue weighted by Gasteiger charge is -2.24. The van der Waals surface area contributed by atoms with E-state index >= 15 is 0 Å². The summed E-state index contributed by atoms with van der Waals surface area (Å²) < 4.78 is 25.7. The predicted octanol–water partition coefficient (Wildman–Crippen LogP) is 1.50. The van der Waals surface area contributed by atoms with E-state index in [0.29, 0.717) is 12.2 Å². The summed E-state index contributed by atoms with van der Waals surface area (Å²) in [5.41, 5.74) is 7.31. The highest BCUT2D eigenvalue weighted by Gasteiger charge is 2.22. The molecule has 1 aromatic rings. The van der Waals surface area contributed by atoms with Crippen molar-refractivity contribution in [2.75, 3.05) is 16.6 Å². The van der Waals surface area contributed by atoms with Crippen molar-refractivity contribution >= 4 is 15.7 Å². The number of hydrogen-bond acceptors (Lipinski definition) is 3. The summed E-state index contributed by atoms with van der Waals surface area (Å²) in [5.74, 6) is -0.0330. The zero-order valence-corrected chi connectivity index (χ0v) is 11.4. The fourth-order valence-electron chi connectivity index (χ4n) is 1.75. The van der Waals surface area contributed by atoms with E-state index in [0.717, 1.165) is 5.56 Å². The van der Waals surface area contributed by atoms with Gasteiger partial charge in [0.25, 0.3) is 0 Å². The van der Waals surface area contributed by atoms with Gasteiger partial charge in [0.15, 0.2) is 0 Å². The van der Waals surface area contributed by atoms with Crippen LogP contribution in [0.4, 0.5) is 5.69 Å². The van der Waals surface area contributed by atoms with Crippen LogP contribution in [0.1, 0.15) is 19.4 Å². The highest BCUT2D eigenvalue weighted by atomic mass is 32.2. The highest BCUT2D eigenvalue weighted by Crippen LogP contribution is 2.19. The van der Waals surface area contributed by atoms with Crippen molar-refractivity contribution in [1.29, 1.82) is 0 Å². The predicted molar refractivity (Wildman–Crippen MR) is 71.6 cm³/mol. The summed E-state index contributed by atoms with van der Waals surface area (Å²) in [6.45, 7) is 5.87. The van der Waals surface area contributed by atoms with Crippen LogP contribution in [0, 0.1) is 6.92 Å². The average molecular weight is 256 g/mol. The molecule has 2 N–H and O–H groups in total. The molecule has 0 aliphatic heterocycles. The van der Waals surface area contributed by atoms with Gasteiger partial charge in [-0.3, -0.25) is 4.31 Å². The maximum Gasteiger partial charge on any atom is 0.236 e. The van der Waals surface area contributed by atoms with Crippen LogP contribution in [0.15, 0.2) is 24.3 Å². The zero-order chi connectivity index (χ0) is 13.1. The van der Waals surface area contributed by atoms with Gasteiger partial charge in [-0.2, -0.15) is 0 Å². The molecule has 0 amide bonds. The van der Waals surface area contributed by atoms with Crippen LogP contribution < -0.4 is 10.0 Å². The van der Waals surface area contributed by atoms with Crippen molar-refractivity contribution in [2.45, 2.75) is 26.8 Å². The minimum absolute atomic E-state index is 0.0330. The van der Waals surface area contributed by atoms with Gasteiger partial charge >= 0.3 is 0 Å². The highest BCUT2D eigenvalue weighted by molar-refractivity contribution is 7.92. The minimum Gasteiger partial charge on any atom is -0.327 e. The van der Waals surface area contributed by atoms with E-state index in [4.69, 9.17) is 5.73 Å². The molecule has 0 bridgehead atoms. The van der Waals surface area contributed by atoms with E-state index in [1.807, 2.05) is 32.0 Å². The van der Waals surface area contributed by atoms with Crippen LogP contribution >= 0.6 is 0 Å². The van der Waals surface area contributed by atoms with Crippen LogP contribution in [-0.2, 0) is 10.0 Å². The van der Waals surface area contributed by atoms with Crippen molar-refractivity contribution in [1.82, 2.24) is 0 Å². The van der Waals surface area contributed by atoms with E-state index in [9.17, 15) is 8.42 Å². The van der Waals surface area contributed by atoms with Gasteiger partial charge in [0.05, 0.1) is 11.4 Å². The third-order valence-electron chi connectivity index (χ3n) is 2.39. The van der Waals surface area contributed by atoms with Crippen molar-refractivity contribution in [3.8, 4) is 0 Å². The Bertz CT molecular complexity index is 469. The number of hydrogen-bond donors (Lipinski definition) is 1. The van der Waals surface area contributed by atoms with Crippen LogP contribution in [0.2, 0.25) is 0 Å². The fourth-order valence-corrected chi connectivity index (χ4v) is 3.42. The van der Waals surface area contributed by atoms with E-state index < -0.39 is 10.0 Å². The molecule has 0 heterocycles. The first-order chi connectivity index (χ1) is 7.86. The quantitative estimate of drug-likeness (QED) is 0.868. The first kappa shape index (κ1) is 14.0. The first-order valence-corrected chi connectivity index (χ1v) is 7.30. The summed E-state index contributed by atoms with van der Waals surface area (Å²) in [6.07, 6.45) is 0. The smallest absolute Gasteiger partial charge is 0.236 e. The molecular formula is C12H20N2O2S. The summed E-state index contributed by atoms with van der Waals surface area (Å²) in [4.78, 5) is 0. The summed E-state index contributed by atoms with van der Waals surface area (Å²) in [6, 6.07) is 7.10. The maximum atomic E-state index is 12.1. The minimum atomic E-state index is -3.33. The largest absolute Gasteiger partial charge is 0.327 e. The number of nitrogens with zero attached hydrogens (tertiary/aromatic N) is 1. The average Bonchev–Trinajstić information content (AvgIpc) is 2.15. The molecule has 0 saturated heterocycles. The Morgan fingerprint density at radius 1 is 1.41 bits per heavy atom. The monoisotopic (exact) mass is 256 g/mol. The van der Waals surface area contributed by atoms with Crippen molar-refractivity contribution < 1.29 is 8.42 Å². The van der Waals surface area contributed by atoms with Gasteiger partial charge in [0, 0.05) is 12.6 Å². The SMILES string of the molecule is CCN(c1cccc(C)c1)S(=O)(=O)CC(C)N. The standard InChI is InChI=1S/C12H20N2O2S/c1-4-14(17(15,16)9-11(3)13)12-7-5-6-10(2)8-12/h5-8,11H,4,9,13H2,1-3H3. The Balaban J connectivity index is 3.07. The summed E-state index contributed by atoms with van der Waals surface area (Å²) >= 11 is 0. The molecule has 0 aliphatic rings. The van der Waals surface area contributed by atoms with Gasteiger partial charge in [-0.1, -0.05) is 12.1 Å². The molecule has 0 radical (unpaired) electrons. The van der Waals surface area contributed by atoms with Gasteiger partial charge in [-0.25, -0.2) is 8.42 Å². The van der Waals surface area contributed by atoms with Crippen LogP contribution in [0.25, 0.3) is 0 Å². The van der Waals surface area contributed by atoms with Crippen molar-refractivity contribution in [3.05, 3.63) is 29.8 Å². The zero-order valence-electron chi connectivity index (χ0n) is 10.6. The Hall–Kier alpha value is -1.07. The molecular weight excluding hydrogens is 236 g/mol. The second-order valence-electron chi connectivity index (χ2n) is 4.26. The van der Waals surface area contributed by atoms with Crippen molar-refractivity contribution in [3.63, 3.8) is 0 Å². The molecule has 0 saturated carbocycles. The Morgan fingerprint density at radius 2 is 2.06 bits per heavy atom. The maximum absolute atomic E-state index is 12.1. The first-order valence-electron chi connectivity index (χ1n) is 5.69. The number of nitrogens with two attached hydrogens (primary N) is 1. The van der Waals surface area contributed by atoms with Gasteiger partial charge in [0.2, 0.25) is 10.0 Å². The van der Waals surface area contributed by atoms with E-state index in [2.05, 4.69) is 0 Å². The molecule has 4 nitrogen and oxygen atoms in total. The lowest BCUT2D eigenvalue weighted by Crippen LogP contribution is -2.38. The molecule has 96 valence electrons. The number of rotatable bonds is 5. The topological polar surface area (TPSA) is 63.4 Å². The molecule has 1 rings (SSSR count). The molecule has 5 heteroatoms. The second kappa shape index (κ2) is 5.51. The van der Waals surface area contributed by atoms with Gasteiger partial charge < -0.3 is 5.73 Å². The molecule has 0 aliphatic carbocycles.